The van der Waals surface area contributed by atoms with Crippen molar-refractivity contribution in [1.82, 2.24) is 0 Å². The lowest BCUT2D eigenvalue weighted by molar-refractivity contribution is 0.359. The smallest absolute Gasteiger partial charge is 0.124 e. The van der Waals surface area contributed by atoms with Gasteiger partial charge in [0.25, 0.3) is 0 Å². The van der Waals surface area contributed by atoms with Gasteiger partial charge in [-0.15, -0.1) is 0 Å². The molecule has 0 heterocycles. The normalized spacial score (nSPS) is 25.6. The van der Waals surface area contributed by atoms with Crippen molar-refractivity contribution in [1.29, 1.82) is 0 Å². The van der Waals surface area contributed by atoms with E-state index in [1.807, 2.05) is 12.1 Å². The average molecular weight is 191 g/mol. The van der Waals surface area contributed by atoms with E-state index in [0.717, 1.165) is 18.6 Å². The molecule has 1 aliphatic carbocycles. The molecule has 0 fully saturated rings. The van der Waals surface area contributed by atoms with Gasteiger partial charge in [0.2, 0.25) is 0 Å². The topological polar surface area (TPSA) is 35.2 Å². The first kappa shape index (κ1) is 9.53. The molecule has 0 saturated carbocycles. The van der Waals surface area contributed by atoms with Gasteiger partial charge in [0.15, 0.2) is 0 Å². The molecule has 2 nitrogen and oxygen atoms in total. The zero-order valence-electron chi connectivity index (χ0n) is 8.84. The third kappa shape index (κ3) is 1.40. The minimum Gasteiger partial charge on any atom is -0.496 e. The highest BCUT2D eigenvalue weighted by atomic mass is 16.5. The molecule has 1 aliphatic rings. The standard InChI is InChI=1S/C12H17NO/c1-12(13)8-4-6-9-5-3-7-10(14-2)11(9)12/h3,5,7H,4,6,8,13H2,1-2H3. The summed E-state index contributed by atoms with van der Waals surface area (Å²) >= 11 is 0. The Hall–Kier alpha value is -1.02. The van der Waals surface area contributed by atoms with Crippen molar-refractivity contribution >= 4 is 0 Å². The molecule has 0 spiro atoms. The summed E-state index contributed by atoms with van der Waals surface area (Å²) in [7, 11) is 1.71. The third-order valence-corrected chi connectivity index (χ3v) is 3.05. The van der Waals surface area contributed by atoms with Crippen LogP contribution in [-0.4, -0.2) is 7.11 Å². The zero-order chi connectivity index (χ0) is 10.2. The maximum absolute atomic E-state index is 6.29. The average Bonchev–Trinajstić information content (AvgIpc) is 2.16. The maximum Gasteiger partial charge on any atom is 0.124 e. The quantitative estimate of drug-likeness (QED) is 0.738. The minimum absolute atomic E-state index is 0.222. The first-order valence-electron chi connectivity index (χ1n) is 5.10. The lowest BCUT2D eigenvalue weighted by Gasteiger charge is -2.33. The van der Waals surface area contributed by atoms with E-state index >= 15 is 0 Å². The summed E-state index contributed by atoms with van der Waals surface area (Å²) in [6, 6.07) is 6.19. The molecule has 0 bridgehead atoms. The fraction of sp³-hybridized carbons (Fsp3) is 0.500. The highest BCUT2D eigenvalue weighted by Gasteiger charge is 2.30. The van der Waals surface area contributed by atoms with Gasteiger partial charge in [0.05, 0.1) is 7.11 Å². The number of rotatable bonds is 1. The molecule has 0 aliphatic heterocycles. The van der Waals surface area contributed by atoms with E-state index in [4.69, 9.17) is 10.5 Å². The van der Waals surface area contributed by atoms with Gasteiger partial charge in [-0.3, -0.25) is 0 Å². The van der Waals surface area contributed by atoms with E-state index in [9.17, 15) is 0 Å². The zero-order valence-corrected chi connectivity index (χ0v) is 8.84. The van der Waals surface area contributed by atoms with Crippen LogP contribution in [0.2, 0.25) is 0 Å². The van der Waals surface area contributed by atoms with Crippen LogP contribution in [0.1, 0.15) is 30.9 Å². The molecule has 14 heavy (non-hydrogen) atoms. The number of hydrogen-bond acceptors (Lipinski definition) is 2. The third-order valence-electron chi connectivity index (χ3n) is 3.05. The van der Waals surface area contributed by atoms with Crippen molar-refractivity contribution in [3.63, 3.8) is 0 Å². The summed E-state index contributed by atoms with van der Waals surface area (Å²) in [5.74, 6) is 0.937. The van der Waals surface area contributed by atoms with Gasteiger partial charge >= 0.3 is 0 Å². The van der Waals surface area contributed by atoms with Crippen LogP contribution in [0.25, 0.3) is 0 Å². The molecule has 2 rings (SSSR count). The van der Waals surface area contributed by atoms with Crippen molar-refractivity contribution < 1.29 is 4.74 Å². The van der Waals surface area contributed by atoms with Crippen LogP contribution in [0, 0.1) is 0 Å². The summed E-state index contributed by atoms with van der Waals surface area (Å²) in [5.41, 5.74) is 8.61. The van der Waals surface area contributed by atoms with Crippen molar-refractivity contribution in [3.05, 3.63) is 29.3 Å². The monoisotopic (exact) mass is 191 g/mol. The number of nitrogens with two attached hydrogens (primary N) is 1. The molecule has 0 amide bonds. The van der Waals surface area contributed by atoms with Crippen LogP contribution >= 0.6 is 0 Å². The Bertz CT molecular complexity index is 330. The number of benzene rings is 1. The van der Waals surface area contributed by atoms with Crippen LogP contribution in [-0.2, 0) is 12.0 Å². The molecule has 1 atom stereocenters. The Kier molecular flexibility index (Phi) is 2.23. The lowest BCUT2D eigenvalue weighted by Crippen LogP contribution is -2.37. The molecule has 2 N–H and O–H groups in total. The molecular formula is C12H17NO. The van der Waals surface area contributed by atoms with E-state index in [1.165, 1.54) is 17.5 Å². The minimum atomic E-state index is -0.222. The molecule has 0 radical (unpaired) electrons. The molecule has 1 unspecified atom stereocenters. The first-order chi connectivity index (χ1) is 6.65. The van der Waals surface area contributed by atoms with Gasteiger partial charge in [-0.2, -0.15) is 0 Å². The Labute approximate surface area is 85.1 Å². The summed E-state index contributed by atoms with van der Waals surface area (Å²) in [6.45, 7) is 2.09. The summed E-state index contributed by atoms with van der Waals surface area (Å²) in [4.78, 5) is 0. The SMILES string of the molecule is COc1cccc2c1C(C)(N)CCC2. The van der Waals surface area contributed by atoms with Crippen LogP contribution in [0.15, 0.2) is 18.2 Å². The van der Waals surface area contributed by atoms with Crippen molar-refractivity contribution in [2.45, 2.75) is 31.7 Å². The van der Waals surface area contributed by atoms with Crippen LogP contribution < -0.4 is 10.5 Å². The van der Waals surface area contributed by atoms with Crippen molar-refractivity contribution in [3.8, 4) is 5.75 Å². The van der Waals surface area contributed by atoms with Crippen LogP contribution in [0.5, 0.6) is 5.75 Å². The Balaban J connectivity index is 2.58. The van der Waals surface area contributed by atoms with E-state index in [-0.39, 0.29) is 5.54 Å². The van der Waals surface area contributed by atoms with E-state index in [0.29, 0.717) is 0 Å². The second-order valence-corrected chi connectivity index (χ2v) is 4.27. The van der Waals surface area contributed by atoms with E-state index < -0.39 is 0 Å². The summed E-state index contributed by atoms with van der Waals surface area (Å²) < 4.78 is 5.37. The molecular weight excluding hydrogens is 174 g/mol. The maximum atomic E-state index is 6.29. The second kappa shape index (κ2) is 3.28. The van der Waals surface area contributed by atoms with E-state index in [2.05, 4.69) is 13.0 Å². The fourth-order valence-electron chi connectivity index (χ4n) is 2.37. The van der Waals surface area contributed by atoms with Gasteiger partial charge < -0.3 is 10.5 Å². The predicted molar refractivity (Wildman–Crippen MR) is 57.5 cm³/mol. The Morgan fingerprint density at radius 2 is 2.21 bits per heavy atom. The van der Waals surface area contributed by atoms with Crippen LogP contribution in [0.3, 0.4) is 0 Å². The van der Waals surface area contributed by atoms with Gasteiger partial charge in [-0.1, -0.05) is 12.1 Å². The molecule has 0 aromatic heterocycles. The number of methoxy groups -OCH3 is 1. The molecule has 76 valence electrons. The highest BCUT2D eigenvalue weighted by molar-refractivity contribution is 5.46. The predicted octanol–water partition coefficient (Wildman–Crippen LogP) is 2.21. The summed E-state index contributed by atoms with van der Waals surface area (Å²) in [6.07, 6.45) is 3.34. The first-order valence-corrected chi connectivity index (χ1v) is 5.10. The van der Waals surface area contributed by atoms with Crippen molar-refractivity contribution in [2.24, 2.45) is 5.73 Å². The Morgan fingerprint density at radius 1 is 1.43 bits per heavy atom. The number of aryl methyl sites for hydroxylation is 1. The second-order valence-electron chi connectivity index (χ2n) is 4.27. The summed E-state index contributed by atoms with van der Waals surface area (Å²) in [5, 5.41) is 0. The Morgan fingerprint density at radius 3 is 2.93 bits per heavy atom. The van der Waals surface area contributed by atoms with Crippen LogP contribution in [0.4, 0.5) is 0 Å². The van der Waals surface area contributed by atoms with Gasteiger partial charge in [0.1, 0.15) is 5.75 Å². The number of hydrogen-bond donors (Lipinski definition) is 1. The molecule has 0 saturated heterocycles. The molecule has 2 heteroatoms. The van der Waals surface area contributed by atoms with E-state index in [1.54, 1.807) is 7.11 Å². The molecule has 1 aromatic carbocycles. The lowest BCUT2D eigenvalue weighted by atomic mass is 9.78. The largest absolute Gasteiger partial charge is 0.496 e. The van der Waals surface area contributed by atoms with Gasteiger partial charge in [-0.25, -0.2) is 0 Å². The van der Waals surface area contributed by atoms with Gasteiger partial charge in [0, 0.05) is 11.1 Å². The number of fused-ring (bicyclic) bond motifs is 1. The number of ether oxygens (including phenoxy) is 1. The highest BCUT2D eigenvalue weighted by Crippen LogP contribution is 2.38. The molecule has 1 aromatic rings. The fourth-order valence-corrected chi connectivity index (χ4v) is 2.37. The van der Waals surface area contributed by atoms with Crippen molar-refractivity contribution in [2.75, 3.05) is 7.11 Å². The van der Waals surface area contributed by atoms with Gasteiger partial charge in [-0.05, 0) is 37.8 Å².